The number of hydrogen-bond donors (Lipinski definition) is 2. The highest BCUT2D eigenvalue weighted by Crippen LogP contribution is 2.79. The number of hydrogen-bond acceptors (Lipinski definition) is 4. The summed E-state index contributed by atoms with van der Waals surface area (Å²) in [5.74, 6) is 1.12. The Hall–Kier alpha value is -0.650. The minimum absolute atomic E-state index is 0.00877. The van der Waals surface area contributed by atoms with Crippen LogP contribution in [0.3, 0.4) is 0 Å². The van der Waals surface area contributed by atoms with Crippen molar-refractivity contribution in [3.8, 4) is 0 Å². The second kappa shape index (κ2) is 7.97. The van der Waals surface area contributed by atoms with Gasteiger partial charge in [-0.25, -0.2) is 0 Å². The van der Waals surface area contributed by atoms with Crippen molar-refractivity contribution in [2.45, 2.75) is 131 Å². The summed E-state index contributed by atoms with van der Waals surface area (Å²) in [7, 11) is 0. The first-order valence-corrected chi connectivity index (χ1v) is 15.4. The molecule has 0 unspecified atom stereocenters. The summed E-state index contributed by atoms with van der Waals surface area (Å²) in [6.07, 6.45) is 9.86. The summed E-state index contributed by atoms with van der Waals surface area (Å²) < 4.78 is 12.8. The molecule has 1 heterocycles. The molecule has 5 nitrogen and oxygen atoms in total. The molecule has 2 N–H and O–H groups in total. The Morgan fingerprint density at radius 1 is 0.919 bits per heavy atom. The number of carbonyl (C=O) groups is 1. The van der Waals surface area contributed by atoms with Crippen molar-refractivity contribution < 1.29 is 24.5 Å². The van der Waals surface area contributed by atoms with E-state index in [0.29, 0.717) is 30.3 Å². The second-order valence-electron chi connectivity index (χ2n) is 15.9. The molecule has 6 rings (SSSR count). The van der Waals surface area contributed by atoms with Gasteiger partial charge in [0.15, 0.2) is 6.29 Å². The second-order valence-corrected chi connectivity index (χ2v) is 15.9. The minimum atomic E-state index is -0.605. The molecule has 5 saturated carbocycles. The summed E-state index contributed by atoms with van der Waals surface area (Å²) in [5, 5.41) is 21.5. The van der Waals surface area contributed by atoms with E-state index >= 15 is 0 Å². The lowest BCUT2D eigenvalue weighted by Crippen LogP contribution is -2.69. The molecule has 13 atom stereocenters. The van der Waals surface area contributed by atoms with E-state index in [0.717, 1.165) is 44.9 Å². The predicted octanol–water partition coefficient (Wildman–Crippen LogP) is 6.66. The molecule has 5 aliphatic carbocycles. The minimum Gasteiger partial charge on any atom is -0.481 e. The van der Waals surface area contributed by atoms with Crippen molar-refractivity contribution in [2.24, 2.45) is 56.2 Å². The smallest absolute Gasteiger partial charge is 0.309 e. The van der Waals surface area contributed by atoms with Gasteiger partial charge in [0.25, 0.3) is 0 Å². The van der Waals surface area contributed by atoms with Crippen LogP contribution >= 0.6 is 0 Å². The third kappa shape index (κ3) is 3.06. The van der Waals surface area contributed by atoms with Gasteiger partial charge in [0.05, 0.1) is 17.6 Å². The van der Waals surface area contributed by atoms with Gasteiger partial charge in [-0.15, -0.1) is 0 Å². The van der Waals surface area contributed by atoms with Gasteiger partial charge in [0, 0.05) is 12.0 Å². The maximum Gasteiger partial charge on any atom is 0.309 e. The number of carboxylic acids is 1. The Labute approximate surface area is 224 Å². The molecule has 0 aromatic rings. The van der Waals surface area contributed by atoms with Gasteiger partial charge >= 0.3 is 5.97 Å². The highest BCUT2D eigenvalue weighted by atomic mass is 16.7. The molecule has 0 radical (unpaired) electrons. The zero-order valence-electron chi connectivity index (χ0n) is 24.4. The molecule has 210 valence electrons. The maximum absolute atomic E-state index is 12.4. The number of ether oxygens (including phenoxy) is 2. The van der Waals surface area contributed by atoms with Crippen LogP contribution in [0.15, 0.2) is 0 Å². The van der Waals surface area contributed by atoms with Crippen LogP contribution in [0.4, 0.5) is 0 Å². The lowest BCUT2D eigenvalue weighted by molar-refractivity contribution is -0.276. The quantitative estimate of drug-likeness (QED) is 0.438. The molecular weight excluding hydrogens is 464 g/mol. The molecule has 0 aromatic carbocycles. The van der Waals surface area contributed by atoms with Gasteiger partial charge in [-0.05, 0) is 123 Å². The maximum atomic E-state index is 12.4. The molecule has 37 heavy (non-hydrogen) atoms. The Bertz CT molecular complexity index is 967. The third-order valence-electron chi connectivity index (χ3n) is 14.8. The van der Waals surface area contributed by atoms with E-state index in [1.54, 1.807) is 0 Å². The largest absolute Gasteiger partial charge is 0.481 e. The standard InChI is InChI=1S/C32H52O5/c1-8-36-26-32-10-9-21-29(5,22(32)17-20(33)24(37-26)19(32)2)14-16-31(7)23-18-28(4,25(34)35)12-11-27(23,3)13-15-30(21,31)6/h19-24,26,33H,8-18H2,1-7H3,(H,34,35)/t19-,20+,21-,22-,23+,24+,26+,27+,28+,29+,30+,31-,32-/m0/s1. The van der Waals surface area contributed by atoms with E-state index in [-0.39, 0.29) is 39.5 Å². The monoisotopic (exact) mass is 516 g/mol. The SMILES string of the molecule is CCO[C@@H]1O[C@H]2[C@H](O)C[C@H]3[C@]4(C)CC[C@@]5(C)[C@@H]6C[C@](C)(C(=O)O)CC[C@]6(C)CC[C@]5(C)[C@H]4CC[C@@]13[C@H]2C. The summed E-state index contributed by atoms with van der Waals surface area (Å²) in [6.45, 7) is 17.2. The van der Waals surface area contributed by atoms with Crippen LogP contribution in [0.2, 0.25) is 0 Å². The normalized spacial score (nSPS) is 60.6. The van der Waals surface area contributed by atoms with Gasteiger partial charge in [0.2, 0.25) is 0 Å². The van der Waals surface area contributed by atoms with Crippen LogP contribution in [0.5, 0.6) is 0 Å². The van der Waals surface area contributed by atoms with Gasteiger partial charge in [-0.1, -0.05) is 34.6 Å². The van der Waals surface area contributed by atoms with E-state index in [1.165, 1.54) is 19.3 Å². The molecule has 6 aliphatic rings. The number of aliphatic hydroxyl groups is 1. The first-order valence-electron chi connectivity index (χ1n) is 15.4. The molecule has 6 fully saturated rings. The molecular formula is C32H52O5. The van der Waals surface area contributed by atoms with Crippen LogP contribution in [-0.4, -0.2) is 41.3 Å². The van der Waals surface area contributed by atoms with Gasteiger partial charge < -0.3 is 19.7 Å². The Morgan fingerprint density at radius 2 is 1.57 bits per heavy atom. The van der Waals surface area contributed by atoms with Crippen molar-refractivity contribution in [1.29, 1.82) is 0 Å². The number of aliphatic carboxylic acids is 1. The van der Waals surface area contributed by atoms with Gasteiger partial charge in [-0.2, -0.15) is 0 Å². The summed E-state index contributed by atoms with van der Waals surface area (Å²) in [4.78, 5) is 12.4. The third-order valence-corrected chi connectivity index (χ3v) is 14.8. The fraction of sp³-hybridized carbons (Fsp3) is 0.969. The molecule has 1 saturated heterocycles. The molecule has 2 bridgehead atoms. The summed E-state index contributed by atoms with van der Waals surface area (Å²) >= 11 is 0. The average Bonchev–Trinajstić information content (AvgIpc) is 3.02. The number of aliphatic hydroxyl groups excluding tert-OH is 1. The Kier molecular flexibility index (Phi) is 5.72. The molecule has 5 heteroatoms. The number of carboxylic acid groups (broad SMARTS) is 1. The van der Waals surface area contributed by atoms with Crippen molar-refractivity contribution in [3.63, 3.8) is 0 Å². The van der Waals surface area contributed by atoms with Crippen LogP contribution in [0.1, 0.15) is 113 Å². The predicted molar refractivity (Wildman–Crippen MR) is 143 cm³/mol. The van der Waals surface area contributed by atoms with E-state index in [4.69, 9.17) is 9.47 Å². The van der Waals surface area contributed by atoms with Crippen LogP contribution in [-0.2, 0) is 14.3 Å². The topological polar surface area (TPSA) is 76.0 Å². The lowest BCUT2D eigenvalue weighted by atomic mass is 9.30. The van der Waals surface area contributed by atoms with Gasteiger partial charge in [0.1, 0.15) is 0 Å². The van der Waals surface area contributed by atoms with E-state index < -0.39 is 17.5 Å². The molecule has 1 aliphatic heterocycles. The fourth-order valence-electron chi connectivity index (χ4n) is 12.3. The van der Waals surface area contributed by atoms with Crippen LogP contribution in [0.25, 0.3) is 0 Å². The summed E-state index contributed by atoms with van der Waals surface area (Å²) in [6, 6.07) is 0. The molecule has 0 amide bonds. The Balaban J connectivity index is 1.40. The zero-order chi connectivity index (χ0) is 26.8. The van der Waals surface area contributed by atoms with E-state index in [9.17, 15) is 15.0 Å². The zero-order valence-corrected chi connectivity index (χ0v) is 24.4. The first kappa shape index (κ1) is 26.6. The van der Waals surface area contributed by atoms with Crippen molar-refractivity contribution in [2.75, 3.05) is 6.61 Å². The number of rotatable bonds is 3. The van der Waals surface area contributed by atoms with Crippen LogP contribution < -0.4 is 0 Å². The molecule has 1 spiro atoms. The van der Waals surface area contributed by atoms with Crippen LogP contribution in [0, 0.1) is 56.2 Å². The first-order chi connectivity index (χ1) is 17.2. The number of fused-ring (bicyclic) bond motifs is 7. The lowest BCUT2D eigenvalue weighted by Gasteiger charge is -2.74. The fourth-order valence-corrected chi connectivity index (χ4v) is 12.3. The summed E-state index contributed by atoms with van der Waals surface area (Å²) in [5.41, 5.74) is 0.0773. The van der Waals surface area contributed by atoms with Crippen molar-refractivity contribution in [3.05, 3.63) is 0 Å². The highest BCUT2D eigenvalue weighted by molar-refractivity contribution is 5.74. The van der Waals surface area contributed by atoms with Gasteiger partial charge in [-0.3, -0.25) is 4.79 Å². The van der Waals surface area contributed by atoms with Crippen molar-refractivity contribution in [1.82, 2.24) is 0 Å². The highest BCUT2D eigenvalue weighted by Gasteiger charge is 2.75. The molecule has 0 aromatic heterocycles. The average molecular weight is 517 g/mol. The van der Waals surface area contributed by atoms with E-state index in [1.807, 2.05) is 6.92 Å². The van der Waals surface area contributed by atoms with E-state index in [2.05, 4.69) is 41.5 Å². The van der Waals surface area contributed by atoms with Crippen molar-refractivity contribution >= 4 is 5.97 Å². The Morgan fingerprint density at radius 3 is 2.24 bits per heavy atom.